The van der Waals surface area contributed by atoms with Gasteiger partial charge in [-0.25, -0.2) is 9.97 Å². The molecule has 1 heterocycles. The summed E-state index contributed by atoms with van der Waals surface area (Å²) >= 11 is 0. The molecule has 0 aliphatic heterocycles. The van der Waals surface area contributed by atoms with Gasteiger partial charge in [0.15, 0.2) is 5.82 Å². The van der Waals surface area contributed by atoms with E-state index in [-0.39, 0.29) is 0 Å². The summed E-state index contributed by atoms with van der Waals surface area (Å²) in [5, 5.41) is 0. The summed E-state index contributed by atoms with van der Waals surface area (Å²) in [5.74, 6) is 1.70. The van der Waals surface area contributed by atoms with Gasteiger partial charge in [-0.05, 0) is 74.8 Å². The predicted octanol–water partition coefficient (Wildman–Crippen LogP) is 8.34. The van der Waals surface area contributed by atoms with Crippen molar-refractivity contribution in [3.63, 3.8) is 0 Å². The lowest BCUT2D eigenvalue weighted by molar-refractivity contribution is 0.307. The molecule has 3 heteroatoms. The van der Waals surface area contributed by atoms with Crippen LogP contribution in [0.15, 0.2) is 48.8 Å². The zero-order chi connectivity index (χ0) is 22.0. The quantitative estimate of drug-likeness (QED) is 0.190. The van der Waals surface area contributed by atoms with Crippen LogP contribution in [0.5, 0.6) is 5.75 Å². The summed E-state index contributed by atoms with van der Waals surface area (Å²) in [6.45, 7) is 5.27. The van der Waals surface area contributed by atoms with Crippen molar-refractivity contribution in [2.45, 2.75) is 97.3 Å². The average molecular weight is 423 g/mol. The smallest absolute Gasteiger partial charge is 0.159 e. The summed E-state index contributed by atoms with van der Waals surface area (Å²) in [4.78, 5) is 9.13. The van der Waals surface area contributed by atoms with Crippen molar-refractivity contribution in [1.29, 1.82) is 0 Å². The van der Waals surface area contributed by atoms with Gasteiger partial charge in [0, 0.05) is 18.0 Å². The van der Waals surface area contributed by atoms with E-state index in [2.05, 4.69) is 36.0 Å². The average Bonchev–Trinajstić information content (AvgIpc) is 2.81. The number of aryl methyl sites for hydroxylation is 1. The first kappa shape index (κ1) is 25.1. The first-order valence-electron chi connectivity index (χ1n) is 12.5. The molecule has 1 aromatic heterocycles. The highest BCUT2D eigenvalue weighted by atomic mass is 16.5. The molecule has 0 saturated heterocycles. The second kappa shape index (κ2) is 16.5. The summed E-state index contributed by atoms with van der Waals surface area (Å²) < 4.78 is 5.88. The van der Waals surface area contributed by atoms with Crippen molar-refractivity contribution in [3.05, 3.63) is 54.4 Å². The highest BCUT2D eigenvalue weighted by molar-refractivity contribution is 5.55. The molecule has 1 aromatic carbocycles. The molecular formula is C28H42N2O. The van der Waals surface area contributed by atoms with Gasteiger partial charge in [0.25, 0.3) is 0 Å². The fourth-order valence-corrected chi connectivity index (χ4v) is 3.57. The second-order valence-electron chi connectivity index (χ2n) is 8.41. The molecule has 0 amide bonds. The first-order valence-corrected chi connectivity index (χ1v) is 12.5. The van der Waals surface area contributed by atoms with Crippen LogP contribution in [0.3, 0.4) is 0 Å². The molecule has 0 aliphatic rings. The van der Waals surface area contributed by atoms with E-state index in [0.29, 0.717) is 0 Å². The summed E-state index contributed by atoms with van der Waals surface area (Å²) in [6.07, 6.45) is 24.8. The van der Waals surface area contributed by atoms with E-state index < -0.39 is 0 Å². The van der Waals surface area contributed by atoms with Gasteiger partial charge in [0.05, 0.1) is 6.61 Å². The van der Waals surface area contributed by atoms with Gasteiger partial charge in [-0.3, -0.25) is 0 Å². The van der Waals surface area contributed by atoms with Crippen LogP contribution < -0.4 is 4.74 Å². The first-order chi connectivity index (χ1) is 15.3. The van der Waals surface area contributed by atoms with E-state index >= 15 is 0 Å². The summed E-state index contributed by atoms with van der Waals surface area (Å²) in [7, 11) is 0. The largest absolute Gasteiger partial charge is 0.494 e. The second-order valence-corrected chi connectivity index (χ2v) is 8.41. The standard InChI is InChI=1S/C28H42N2O/c1-3-5-7-9-10-11-12-14-16-22-31-27-20-18-26(19-21-27)28-29-23-25(24-30-28)17-15-13-8-6-4-2/h10-11,18-21,23-24H,3-9,12-17,22H2,1-2H3. The van der Waals surface area contributed by atoms with E-state index in [1.54, 1.807) is 0 Å². The number of hydrogen-bond acceptors (Lipinski definition) is 3. The molecule has 0 spiro atoms. The molecule has 2 rings (SSSR count). The number of allylic oxidation sites excluding steroid dienone is 2. The van der Waals surface area contributed by atoms with E-state index in [1.807, 2.05) is 36.7 Å². The molecular weight excluding hydrogens is 380 g/mol. The Bertz CT molecular complexity index is 707. The van der Waals surface area contributed by atoms with Crippen molar-refractivity contribution in [3.8, 4) is 17.1 Å². The maximum absolute atomic E-state index is 5.88. The molecule has 170 valence electrons. The zero-order valence-electron chi connectivity index (χ0n) is 19.8. The highest BCUT2D eigenvalue weighted by Gasteiger charge is 2.03. The number of ether oxygens (including phenoxy) is 1. The van der Waals surface area contributed by atoms with E-state index in [1.165, 1.54) is 69.8 Å². The Kier molecular flexibility index (Phi) is 13.4. The molecule has 0 fully saturated rings. The molecule has 31 heavy (non-hydrogen) atoms. The minimum atomic E-state index is 0.770. The van der Waals surface area contributed by atoms with Crippen LogP contribution in [0.2, 0.25) is 0 Å². The lowest BCUT2D eigenvalue weighted by atomic mass is 10.1. The van der Waals surface area contributed by atoms with Crippen molar-refractivity contribution in [1.82, 2.24) is 9.97 Å². The number of aromatic nitrogens is 2. The lowest BCUT2D eigenvalue weighted by Gasteiger charge is -2.07. The Hall–Kier alpha value is -2.16. The van der Waals surface area contributed by atoms with Gasteiger partial charge >= 0.3 is 0 Å². The number of rotatable bonds is 17. The highest BCUT2D eigenvalue weighted by Crippen LogP contribution is 2.20. The topological polar surface area (TPSA) is 35.0 Å². The number of nitrogens with zero attached hydrogens (tertiary/aromatic N) is 2. The summed E-state index contributed by atoms with van der Waals surface area (Å²) in [5.41, 5.74) is 2.27. The third-order valence-corrected chi connectivity index (χ3v) is 5.56. The van der Waals surface area contributed by atoms with Crippen LogP contribution in [-0.2, 0) is 6.42 Å². The van der Waals surface area contributed by atoms with Crippen molar-refractivity contribution < 1.29 is 4.74 Å². The normalized spacial score (nSPS) is 11.3. The van der Waals surface area contributed by atoms with Gasteiger partial charge in [-0.2, -0.15) is 0 Å². The van der Waals surface area contributed by atoms with E-state index in [4.69, 9.17) is 4.74 Å². The monoisotopic (exact) mass is 422 g/mol. The molecule has 0 unspecified atom stereocenters. The summed E-state index contributed by atoms with van der Waals surface area (Å²) in [6, 6.07) is 8.14. The van der Waals surface area contributed by atoms with Crippen molar-refractivity contribution in [2.24, 2.45) is 0 Å². The molecule has 0 aliphatic carbocycles. The fraction of sp³-hybridized carbons (Fsp3) is 0.571. The third-order valence-electron chi connectivity index (χ3n) is 5.56. The van der Waals surface area contributed by atoms with Gasteiger partial charge in [-0.1, -0.05) is 64.5 Å². The molecule has 0 atom stereocenters. The lowest BCUT2D eigenvalue weighted by Crippen LogP contribution is -1.97. The third kappa shape index (κ3) is 11.1. The molecule has 2 aromatic rings. The SMILES string of the molecule is CCCCCC=CCCCCOc1ccc(-c2ncc(CCCCCCC)cn2)cc1. The zero-order valence-corrected chi connectivity index (χ0v) is 19.8. The van der Waals surface area contributed by atoms with Crippen LogP contribution >= 0.6 is 0 Å². The Morgan fingerprint density at radius 3 is 2.00 bits per heavy atom. The Labute approximate surface area is 190 Å². The maximum atomic E-state index is 5.88. The molecule has 3 nitrogen and oxygen atoms in total. The predicted molar refractivity (Wildman–Crippen MR) is 133 cm³/mol. The van der Waals surface area contributed by atoms with Crippen LogP contribution in [0, 0.1) is 0 Å². The van der Waals surface area contributed by atoms with Crippen molar-refractivity contribution >= 4 is 0 Å². The minimum Gasteiger partial charge on any atom is -0.494 e. The molecule has 0 radical (unpaired) electrons. The number of benzene rings is 1. The molecule has 0 N–H and O–H groups in total. The Morgan fingerprint density at radius 2 is 1.32 bits per heavy atom. The van der Waals surface area contributed by atoms with Crippen LogP contribution in [0.25, 0.3) is 11.4 Å². The van der Waals surface area contributed by atoms with Gasteiger partial charge < -0.3 is 4.74 Å². The van der Waals surface area contributed by atoms with Crippen LogP contribution in [0.4, 0.5) is 0 Å². The molecule has 0 saturated carbocycles. The molecule has 0 bridgehead atoms. The Morgan fingerprint density at radius 1 is 0.710 bits per heavy atom. The van der Waals surface area contributed by atoms with Gasteiger partial charge in [0.1, 0.15) is 5.75 Å². The number of hydrogen-bond donors (Lipinski definition) is 0. The van der Waals surface area contributed by atoms with Crippen LogP contribution in [0.1, 0.15) is 96.5 Å². The minimum absolute atomic E-state index is 0.770. The maximum Gasteiger partial charge on any atom is 0.159 e. The Balaban J connectivity index is 1.63. The van der Waals surface area contributed by atoms with Crippen LogP contribution in [-0.4, -0.2) is 16.6 Å². The van der Waals surface area contributed by atoms with E-state index in [0.717, 1.165) is 43.0 Å². The van der Waals surface area contributed by atoms with Crippen molar-refractivity contribution in [2.75, 3.05) is 6.61 Å². The van der Waals surface area contributed by atoms with Gasteiger partial charge in [-0.15, -0.1) is 0 Å². The fourth-order valence-electron chi connectivity index (χ4n) is 3.57. The van der Waals surface area contributed by atoms with Gasteiger partial charge in [0.2, 0.25) is 0 Å². The number of unbranched alkanes of at least 4 members (excludes halogenated alkanes) is 9. The van der Waals surface area contributed by atoms with E-state index in [9.17, 15) is 0 Å².